The van der Waals surface area contributed by atoms with Gasteiger partial charge in [-0.2, -0.15) is 0 Å². The first-order valence-corrected chi connectivity index (χ1v) is 6.61. The van der Waals surface area contributed by atoms with Crippen LogP contribution in [0.4, 0.5) is 0 Å². The minimum Gasteiger partial charge on any atom is -0.484 e. The molecular weight excluding hydrogens is 274 g/mol. The number of hydrogen-bond donors (Lipinski definition) is 1. The molecule has 3 rings (SSSR count). The van der Waals surface area contributed by atoms with Crippen molar-refractivity contribution < 1.29 is 23.8 Å². The summed E-state index contributed by atoms with van der Waals surface area (Å²) in [7, 11) is 0. The lowest BCUT2D eigenvalue weighted by molar-refractivity contribution is -0.144. The van der Waals surface area contributed by atoms with Gasteiger partial charge in [-0.05, 0) is 25.5 Å². The molecule has 1 unspecified atom stereocenters. The summed E-state index contributed by atoms with van der Waals surface area (Å²) in [5.74, 6) is 1.47. The van der Waals surface area contributed by atoms with Crippen molar-refractivity contribution in [2.24, 2.45) is 0 Å². The molecule has 1 aromatic carbocycles. The monoisotopic (exact) mass is 289 g/mol. The van der Waals surface area contributed by atoms with Crippen LogP contribution in [0.15, 0.2) is 22.6 Å². The number of aromatic nitrogens is 1. The lowest BCUT2D eigenvalue weighted by Gasteiger charge is -2.06. The van der Waals surface area contributed by atoms with Crippen molar-refractivity contribution in [3.05, 3.63) is 41.1 Å². The van der Waals surface area contributed by atoms with E-state index in [1.807, 2.05) is 19.9 Å². The molecule has 1 aromatic heterocycles. The van der Waals surface area contributed by atoms with E-state index < -0.39 is 12.1 Å². The Bertz CT molecular complexity index is 672. The number of carboxylic acids is 1. The maximum absolute atomic E-state index is 10.9. The van der Waals surface area contributed by atoms with E-state index >= 15 is 0 Å². The molecule has 1 N–H and O–H groups in total. The number of carboxylic acid groups (broad SMARTS) is 1. The molecule has 21 heavy (non-hydrogen) atoms. The van der Waals surface area contributed by atoms with Crippen LogP contribution >= 0.6 is 0 Å². The van der Waals surface area contributed by atoms with Gasteiger partial charge in [0.15, 0.2) is 12.7 Å². The SMILES string of the molecule is Cc1nc(COc2ccc3c(c2)OC(C(=O)O)C3)oc1C. The van der Waals surface area contributed by atoms with E-state index in [-0.39, 0.29) is 6.61 Å². The number of ether oxygens (including phenoxy) is 2. The van der Waals surface area contributed by atoms with E-state index in [0.717, 1.165) is 17.0 Å². The summed E-state index contributed by atoms with van der Waals surface area (Å²) < 4.78 is 16.4. The minimum atomic E-state index is -0.959. The van der Waals surface area contributed by atoms with Crippen molar-refractivity contribution in [1.82, 2.24) is 4.98 Å². The second-order valence-corrected chi connectivity index (χ2v) is 4.96. The third-order valence-electron chi connectivity index (χ3n) is 3.42. The van der Waals surface area contributed by atoms with Gasteiger partial charge in [0.25, 0.3) is 0 Å². The smallest absolute Gasteiger partial charge is 0.345 e. The highest BCUT2D eigenvalue weighted by Gasteiger charge is 2.29. The summed E-state index contributed by atoms with van der Waals surface area (Å²) in [4.78, 5) is 15.2. The van der Waals surface area contributed by atoms with Crippen molar-refractivity contribution in [3.8, 4) is 11.5 Å². The van der Waals surface area contributed by atoms with Gasteiger partial charge < -0.3 is 19.0 Å². The predicted molar refractivity (Wildman–Crippen MR) is 72.5 cm³/mol. The van der Waals surface area contributed by atoms with Crippen LogP contribution in [0.2, 0.25) is 0 Å². The Morgan fingerprint density at radius 1 is 1.48 bits per heavy atom. The van der Waals surface area contributed by atoms with Gasteiger partial charge in [-0.1, -0.05) is 6.07 Å². The quantitative estimate of drug-likeness (QED) is 0.929. The first kappa shape index (κ1) is 13.5. The summed E-state index contributed by atoms with van der Waals surface area (Å²) in [6.07, 6.45) is -0.435. The Hall–Kier alpha value is -2.50. The minimum absolute atomic E-state index is 0.218. The molecule has 2 aromatic rings. The van der Waals surface area contributed by atoms with Crippen molar-refractivity contribution in [2.45, 2.75) is 33.0 Å². The first-order valence-electron chi connectivity index (χ1n) is 6.61. The Kier molecular flexibility index (Phi) is 3.29. The van der Waals surface area contributed by atoms with Crippen LogP contribution in [0.5, 0.6) is 11.5 Å². The highest BCUT2D eigenvalue weighted by molar-refractivity contribution is 5.74. The van der Waals surface area contributed by atoms with Crippen molar-refractivity contribution >= 4 is 5.97 Å². The molecule has 0 saturated heterocycles. The van der Waals surface area contributed by atoms with Crippen LogP contribution in [0, 0.1) is 13.8 Å². The van der Waals surface area contributed by atoms with E-state index in [2.05, 4.69) is 4.98 Å². The fourth-order valence-corrected chi connectivity index (χ4v) is 2.18. The van der Waals surface area contributed by atoms with Crippen LogP contribution in [-0.2, 0) is 17.8 Å². The molecular formula is C15H15NO5. The van der Waals surface area contributed by atoms with E-state index in [1.165, 1.54) is 0 Å². The molecule has 0 aliphatic carbocycles. The molecule has 0 amide bonds. The number of rotatable bonds is 4. The largest absolute Gasteiger partial charge is 0.484 e. The number of aryl methyl sites for hydroxylation is 2. The van der Waals surface area contributed by atoms with Gasteiger partial charge in [-0.15, -0.1) is 0 Å². The standard InChI is InChI=1S/C15H15NO5/c1-8-9(2)20-14(16-8)7-19-11-4-3-10-5-13(15(17)18)21-12(10)6-11/h3-4,6,13H,5,7H2,1-2H3,(H,17,18). The molecule has 0 bridgehead atoms. The molecule has 1 atom stereocenters. The van der Waals surface area contributed by atoms with E-state index in [9.17, 15) is 4.79 Å². The summed E-state index contributed by atoms with van der Waals surface area (Å²) in [6.45, 7) is 3.94. The van der Waals surface area contributed by atoms with Gasteiger partial charge in [0.1, 0.15) is 17.3 Å². The Morgan fingerprint density at radius 2 is 2.29 bits per heavy atom. The average Bonchev–Trinajstić information content (AvgIpc) is 3.00. The molecule has 1 aliphatic rings. The fourth-order valence-electron chi connectivity index (χ4n) is 2.18. The number of hydrogen-bond acceptors (Lipinski definition) is 5. The zero-order valence-corrected chi connectivity index (χ0v) is 11.8. The Balaban J connectivity index is 1.68. The zero-order chi connectivity index (χ0) is 15.0. The lowest BCUT2D eigenvalue weighted by atomic mass is 10.1. The molecule has 2 heterocycles. The van der Waals surface area contributed by atoms with Gasteiger partial charge >= 0.3 is 5.97 Å². The fraction of sp³-hybridized carbons (Fsp3) is 0.333. The summed E-state index contributed by atoms with van der Waals surface area (Å²) in [5, 5.41) is 8.96. The maximum Gasteiger partial charge on any atom is 0.345 e. The van der Waals surface area contributed by atoms with Gasteiger partial charge in [0.2, 0.25) is 5.89 Å². The highest BCUT2D eigenvalue weighted by Crippen LogP contribution is 2.32. The number of aliphatic carboxylic acids is 1. The van der Waals surface area contributed by atoms with Gasteiger partial charge in [-0.25, -0.2) is 9.78 Å². The molecule has 6 nitrogen and oxygen atoms in total. The van der Waals surface area contributed by atoms with E-state index in [4.69, 9.17) is 19.0 Å². The Labute approximate surface area is 121 Å². The lowest BCUT2D eigenvalue weighted by Crippen LogP contribution is -2.24. The van der Waals surface area contributed by atoms with Gasteiger partial charge in [0.05, 0.1) is 5.69 Å². The van der Waals surface area contributed by atoms with Crippen LogP contribution in [-0.4, -0.2) is 22.2 Å². The third kappa shape index (κ3) is 2.69. The number of nitrogens with zero attached hydrogens (tertiary/aromatic N) is 1. The third-order valence-corrected chi connectivity index (χ3v) is 3.42. The van der Waals surface area contributed by atoms with Crippen LogP contribution in [0.1, 0.15) is 22.9 Å². The molecule has 0 radical (unpaired) electrons. The van der Waals surface area contributed by atoms with Crippen LogP contribution in [0.25, 0.3) is 0 Å². The topological polar surface area (TPSA) is 81.8 Å². The molecule has 1 aliphatic heterocycles. The normalized spacial score (nSPS) is 16.4. The van der Waals surface area contributed by atoms with Gasteiger partial charge in [-0.3, -0.25) is 0 Å². The second-order valence-electron chi connectivity index (χ2n) is 4.96. The average molecular weight is 289 g/mol. The van der Waals surface area contributed by atoms with Crippen LogP contribution in [0.3, 0.4) is 0 Å². The summed E-state index contributed by atoms with van der Waals surface area (Å²) >= 11 is 0. The van der Waals surface area contributed by atoms with E-state index in [1.54, 1.807) is 12.1 Å². The van der Waals surface area contributed by atoms with Crippen molar-refractivity contribution in [2.75, 3.05) is 0 Å². The predicted octanol–water partition coefficient (Wildman–Crippen LogP) is 2.26. The molecule has 6 heteroatoms. The number of benzene rings is 1. The second kappa shape index (κ2) is 5.12. The maximum atomic E-state index is 10.9. The highest BCUT2D eigenvalue weighted by atomic mass is 16.5. The summed E-state index contributed by atoms with van der Waals surface area (Å²) in [6, 6.07) is 5.30. The molecule has 110 valence electrons. The number of fused-ring (bicyclic) bond motifs is 1. The number of oxazole rings is 1. The Morgan fingerprint density at radius 3 is 2.95 bits per heavy atom. The first-order chi connectivity index (χ1) is 10.0. The van der Waals surface area contributed by atoms with Crippen molar-refractivity contribution in [1.29, 1.82) is 0 Å². The molecule has 0 fully saturated rings. The van der Waals surface area contributed by atoms with Crippen LogP contribution < -0.4 is 9.47 Å². The van der Waals surface area contributed by atoms with E-state index in [0.29, 0.717) is 23.8 Å². The zero-order valence-electron chi connectivity index (χ0n) is 11.8. The number of carbonyl (C=O) groups is 1. The van der Waals surface area contributed by atoms with Crippen molar-refractivity contribution in [3.63, 3.8) is 0 Å². The molecule has 0 spiro atoms. The van der Waals surface area contributed by atoms with Gasteiger partial charge in [0, 0.05) is 12.5 Å². The molecule has 0 saturated carbocycles. The summed E-state index contributed by atoms with van der Waals surface area (Å²) in [5.41, 5.74) is 1.72.